The zero-order valence-electron chi connectivity index (χ0n) is 18.7. The number of nitriles is 1. The number of ether oxygens (including phenoxy) is 1. The van der Waals surface area contributed by atoms with Crippen molar-refractivity contribution < 1.29 is 9.53 Å². The second-order valence-corrected chi connectivity index (χ2v) is 10.5. The molecule has 5 heteroatoms. The molecule has 0 fully saturated rings. The van der Waals surface area contributed by atoms with Gasteiger partial charge in [0.1, 0.15) is 0 Å². The van der Waals surface area contributed by atoms with Crippen molar-refractivity contribution >= 4 is 40.7 Å². The number of carbonyl (C=O) groups excluding carboxylic acids is 1. The zero-order valence-corrected chi connectivity index (χ0v) is 19.6. The highest BCUT2D eigenvalue weighted by Crippen LogP contribution is 2.50. The van der Waals surface area contributed by atoms with E-state index in [2.05, 4.69) is 42.5 Å². The van der Waals surface area contributed by atoms with Crippen molar-refractivity contribution in [3.8, 4) is 6.07 Å². The van der Waals surface area contributed by atoms with E-state index < -0.39 is 13.0 Å². The van der Waals surface area contributed by atoms with Gasteiger partial charge in [0, 0.05) is 27.6 Å². The highest BCUT2D eigenvalue weighted by atomic mass is 31.2. The van der Waals surface area contributed by atoms with Gasteiger partial charge in [0.15, 0.2) is 0 Å². The van der Waals surface area contributed by atoms with Crippen LogP contribution in [-0.4, -0.2) is 13.1 Å². The van der Waals surface area contributed by atoms with Crippen molar-refractivity contribution in [2.24, 2.45) is 4.74 Å². The minimum atomic E-state index is -2.52. The Labute approximate surface area is 199 Å². The first-order valence-corrected chi connectivity index (χ1v) is 12.5. The van der Waals surface area contributed by atoms with Gasteiger partial charge in [-0.05, 0) is 18.2 Å². The molecule has 0 aromatic heterocycles. The molecule has 0 aliphatic carbocycles. The molecule has 0 saturated carbocycles. The number of carbonyl (C=O) groups is 1. The predicted octanol–water partition coefficient (Wildman–Crippen LogP) is 5.55. The standard InChI is InChI=1S/C29H23N2O2P/c1-33-29(32)20-19-24-18-17-23(22-30)21-28(24)31-34(25-11-5-2-6-12-25,26-13-7-3-8-14-26)27-15-9-4-10-16-27/h2-21H,1H3. The fourth-order valence-electron chi connectivity index (χ4n) is 3.78. The summed E-state index contributed by atoms with van der Waals surface area (Å²) in [6, 6.07) is 38.3. The molecule has 0 aliphatic heterocycles. The van der Waals surface area contributed by atoms with Gasteiger partial charge in [-0.2, -0.15) is 5.26 Å². The average Bonchev–Trinajstić information content (AvgIpc) is 2.92. The molecular formula is C29H23N2O2P. The number of nitrogens with zero attached hydrogens (tertiary/aromatic N) is 2. The summed E-state index contributed by atoms with van der Waals surface area (Å²) in [5.41, 5.74) is 1.88. The quantitative estimate of drug-likeness (QED) is 0.214. The molecular weight excluding hydrogens is 439 g/mol. The number of benzene rings is 4. The van der Waals surface area contributed by atoms with Crippen LogP contribution in [0, 0.1) is 11.3 Å². The average molecular weight is 462 g/mol. The van der Waals surface area contributed by atoms with Crippen molar-refractivity contribution in [1.29, 1.82) is 5.26 Å². The number of methoxy groups -OCH3 is 1. The van der Waals surface area contributed by atoms with E-state index in [4.69, 9.17) is 9.48 Å². The number of hydrogen-bond acceptors (Lipinski definition) is 4. The molecule has 4 aromatic carbocycles. The third-order valence-corrected chi connectivity index (χ3v) is 9.06. The molecule has 0 atom stereocenters. The maximum Gasteiger partial charge on any atom is 0.330 e. The summed E-state index contributed by atoms with van der Waals surface area (Å²) < 4.78 is 10.2. The summed E-state index contributed by atoms with van der Waals surface area (Å²) in [6.07, 6.45) is 3.05. The molecule has 0 amide bonds. The SMILES string of the molecule is COC(=O)C=Cc1ccc(C#N)cc1N=P(c1ccccc1)(c1ccccc1)c1ccccc1. The van der Waals surface area contributed by atoms with E-state index in [1.165, 1.54) is 13.2 Å². The normalized spacial score (nSPS) is 11.1. The van der Waals surface area contributed by atoms with Gasteiger partial charge < -0.3 is 4.74 Å². The minimum Gasteiger partial charge on any atom is -0.466 e. The second kappa shape index (κ2) is 10.6. The Bertz CT molecular complexity index is 1300. The van der Waals surface area contributed by atoms with E-state index in [-0.39, 0.29) is 0 Å². The molecule has 0 aliphatic rings. The summed E-state index contributed by atoms with van der Waals surface area (Å²) in [5.74, 6) is -0.453. The Morgan fingerprint density at radius 1 is 0.824 bits per heavy atom. The number of hydrogen-bond donors (Lipinski definition) is 0. The molecule has 0 heterocycles. The maximum absolute atomic E-state index is 11.8. The van der Waals surface area contributed by atoms with E-state index in [9.17, 15) is 10.1 Å². The van der Waals surface area contributed by atoms with Gasteiger partial charge in [-0.15, -0.1) is 0 Å². The van der Waals surface area contributed by atoms with Crippen LogP contribution >= 0.6 is 7.05 Å². The van der Waals surface area contributed by atoms with Crippen LogP contribution in [0.2, 0.25) is 0 Å². The van der Waals surface area contributed by atoms with Crippen molar-refractivity contribution in [2.45, 2.75) is 0 Å². The van der Waals surface area contributed by atoms with Crippen LogP contribution in [0.15, 0.2) is 120 Å². The minimum absolute atomic E-state index is 0.453. The summed E-state index contributed by atoms with van der Waals surface area (Å²) >= 11 is 0. The molecule has 0 unspecified atom stereocenters. The maximum atomic E-state index is 11.8. The molecule has 0 N–H and O–H groups in total. The van der Waals surface area contributed by atoms with Gasteiger partial charge in [-0.3, -0.25) is 4.74 Å². The van der Waals surface area contributed by atoms with Crippen LogP contribution in [0.5, 0.6) is 0 Å². The van der Waals surface area contributed by atoms with Crippen LogP contribution < -0.4 is 15.9 Å². The van der Waals surface area contributed by atoms with Gasteiger partial charge >= 0.3 is 5.97 Å². The molecule has 4 nitrogen and oxygen atoms in total. The molecule has 0 spiro atoms. The largest absolute Gasteiger partial charge is 0.466 e. The molecule has 0 bridgehead atoms. The highest BCUT2D eigenvalue weighted by Gasteiger charge is 2.27. The smallest absolute Gasteiger partial charge is 0.330 e. The van der Waals surface area contributed by atoms with Crippen molar-refractivity contribution in [1.82, 2.24) is 0 Å². The second-order valence-electron chi connectivity index (χ2n) is 7.48. The summed E-state index contributed by atoms with van der Waals surface area (Å²) in [4.78, 5) is 11.8. The fraction of sp³-hybridized carbons (Fsp3) is 0.0345. The molecule has 0 saturated heterocycles. The molecule has 34 heavy (non-hydrogen) atoms. The lowest BCUT2D eigenvalue weighted by molar-refractivity contribution is -0.134. The lowest BCUT2D eigenvalue weighted by Gasteiger charge is -2.27. The molecule has 0 radical (unpaired) electrons. The first-order chi connectivity index (χ1) is 16.7. The third kappa shape index (κ3) is 4.76. The summed E-state index contributed by atoms with van der Waals surface area (Å²) in [5, 5.41) is 12.9. The van der Waals surface area contributed by atoms with Crippen LogP contribution in [0.25, 0.3) is 6.08 Å². The lowest BCUT2D eigenvalue weighted by atomic mass is 10.1. The van der Waals surface area contributed by atoms with E-state index >= 15 is 0 Å². The first kappa shape index (κ1) is 23.0. The van der Waals surface area contributed by atoms with Crippen LogP contribution in [-0.2, 0) is 9.53 Å². The Morgan fingerprint density at radius 3 is 1.76 bits per heavy atom. The number of esters is 1. The summed E-state index contributed by atoms with van der Waals surface area (Å²) in [7, 11) is -1.18. The lowest BCUT2D eigenvalue weighted by Crippen LogP contribution is -2.25. The van der Waals surface area contributed by atoms with Crippen molar-refractivity contribution in [3.63, 3.8) is 0 Å². The van der Waals surface area contributed by atoms with Gasteiger partial charge in [0.05, 0.1) is 31.5 Å². The third-order valence-electron chi connectivity index (χ3n) is 5.41. The van der Waals surface area contributed by atoms with E-state index in [0.29, 0.717) is 11.3 Å². The Hall–Kier alpha value is -4.19. The predicted molar refractivity (Wildman–Crippen MR) is 139 cm³/mol. The molecule has 166 valence electrons. The van der Waals surface area contributed by atoms with Crippen molar-refractivity contribution in [2.75, 3.05) is 7.11 Å². The van der Waals surface area contributed by atoms with Gasteiger partial charge in [0.25, 0.3) is 0 Å². The van der Waals surface area contributed by atoms with Gasteiger partial charge in [0.2, 0.25) is 0 Å². The summed E-state index contributed by atoms with van der Waals surface area (Å²) in [6.45, 7) is 0. The van der Waals surface area contributed by atoms with E-state index in [1.807, 2.05) is 60.7 Å². The van der Waals surface area contributed by atoms with Gasteiger partial charge in [-0.1, -0.05) is 97.1 Å². The van der Waals surface area contributed by atoms with Crippen molar-refractivity contribution in [3.05, 3.63) is 126 Å². The van der Waals surface area contributed by atoms with E-state index in [0.717, 1.165) is 21.5 Å². The van der Waals surface area contributed by atoms with Gasteiger partial charge in [-0.25, -0.2) is 4.79 Å². The highest BCUT2D eigenvalue weighted by molar-refractivity contribution is 7.87. The topological polar surface area (TPSA) is 62.5 Å². The van der Waals surface area contributed by atoms with Crippen LogP contribution in [0.1, 0.15) is 11.1 Å². The van der Waals surface area contributed by atoms with E-state index in [1.54, 1.807) is 18.2 Å². The number of rotatable bonds is 6. The Morgan fingerprint density at radius 2 is 1.32 bits per heavy atom. The fourth-order valence-corrected chi connectivity index (χ4v) is 7.33. The Kier molecular flexibility index (Phi) is 7.18. The first-order valence-electron chi connectivity index (χ1n) is 10.8. The molecule has 4 aromatic rings. The van der Waals surface area contributed by atoms with Crippen LogP contribution in [0.4, 0.5) is 5.69 Å². The van der Waals surface area contributed by atoms with Crippen LogP contribution in [0.3, 0.4) is 0 Å². The Balaban J connectivity index is 2.12. The molecule has 4 rings (SSSR count). The monoisotopic (exact) mass is 462 g/mol. The zero-order chi connectivity index (χ0) is 23.8.